The van der Waals surface area contributed by atoms with Gasteiger partial charge < -0.3 is 0 Å². The zero-order chi connectivity index (χ0) is 61.0. The molecule has 5 heterocycles. The summed E-state index contributed by atoms with van der Waals surface area (Å²) >= 11 is -2.10. The van der Waals surface area contributed by atoms with Crippen molar-refractivity contribution in [3.05, 3.63) is 339 Å². The minimum absolute atomic E-state index is 0.237. The first-order valence-electron chi connectivity index (χ1n) is 32.2. The summed E-state index contributed by atoms with van der Waals surface area (Å²) in [7, 11) is 0. The number of benzene rings is 14. The van der Waals surface area contributed by atoms with Gasteiger partial charge in [0.1, 0.15) is 0 Å². The Labute approximate surface area is 543 Å². The van der Waals surface area contributed by atoms with Crippen LogP contribution in [0.25, 0.3) is 149 Å². The molecule has 5 aromatic heterocycles. The van der Waals surface area contributed by atoms with Crippen LogP contribution in [0.4, 0.5) is 0 Å². The first kappa shape index (κ1) is 52.6. The number of alkyl halides is 1. The molecule has 0 bridgehead atoms. The molecular formula is C87H58IN5. The van der Waals surface area contributed by atoms with E-state index in [0.29, 0.717) is 0 Å². The monoisotopic (exact) mass is 1300 g/mol. The molecule has 438 valence electrons. The zero-order valence-corrected chi connectivity index (χ0v) is 53.1. The number of nitrogens with zero attached hydrogens (tertiary/aromatic N) is 5. The average Bonchev–Trinajstić information content (AvgIpc) is 1.57. The summed E-state index contributed by atoms with van der Waals surface area (Å²) < 4.78 is 15.4. The fraction of sp³-hybridized carbons (Fsp3) is 0.0345. The van der Waals surface area contributed by atoms with E-state index in [2.05, 4.69) is 343 Å². The molecule has 19 aromatic rings. The van der Waals surface area contributed by atoms with Crippen LogP contribution in [0.3, 0.4) is 0 Å². The topological polar surface area (TPSA) is 24.6 Å². The summed E-state index contributed by atoms with van der Waals surface area (Å²) in [4.78, 5) is 2.55. The molecule has 0 radical (unpaired) electrons. The van der Waals surface area contributed by atoms with Crippen molar-refractivity contribution in [3.63, 3.8) is 0 Å². The van der Waals surface area contributed by atoms with Gasteiger partial charge in [-0.15, -0.1) is 0 Å². The van der Waals surface area contributed by atoms with Gasteiger partial charge >= 0.3 is 423 Å². The van der Waals surface area contributed by atoms with Crippen molar-refractivity contribution >= 4 is 129 Å². The predicted octanol–water partition coefficient (Wildman–Crippen LogP) is 22.7. The summed E-state index contributed by atoms with van der Waals surface area (Å²) in [6, 6.07) is 119. The molecule has 0 saturated heterocycles. The van der Waals surface area contributed by atoms with Crippen molar-refractivity contribution in [3.8, 4) is 39.6 Å². The van der Waals surface area contributed by atoms with Crippen LogP contribution >= 0.6 is 19.8 Å². The number of fused-ring (bicyclic) bond motifs is 20. The van der Waals surface area contributed by atoms with E-state index in [0.717, 1.165) is 34.9 Å². The Kier molecular flexibility index (Phi) is 11.5. The molecule has 14 aromatic carbocycles. The first-order valence-corrected chi connectivity index (χ1v) is 36.5. The van der Waals surface area contributed by atoms with Gasteiger partial charge in [0.2, 0.25) is 0 Å². The average molecular weight is 1300 g/mol. The molecule has 1 unspecified atom stereocenters. The van der Waals surface area contributed by atoms with Crippen LogP contribution < -0.4 is 0 Å². The molecule has 6 heteroatoms. The standard InChI is InChI=1S/C87H58IN5/c1-88(58-40-48-82-76(53-58)71-44-45-72-77-54-63(89-78-36-20-18-34-67(78)68-35-19-21-37-79(68)89)41-49-83(77)93(62-29-12-5-13-30-62)87(72)86(71)92(82)61-27-10-4-11-28-61)57-39-47-81-75(52-57)70-43-42-69-74-51-56(73-50-55-22-14-15-31-64(55)65-32-16-17-33-66(65)73)38-46-80(74)90(59-23-6-2-7-24-59)84(69)85(70)91(81)60-25-8-3-9-26-60/h2-49,51-54,73H,50H2,1H3. The summed E-state index contributed by atoms with van der Waals surface area (Å²) in [6.07, 6.45) is 0.968. The van der Waals surface area contributed by atoms with E-state index in [1.54, 1.807) is 0 Å². The fourth-order valence-corrected chi connectivity index (χ4v) is 19.9. The SMILES string of the molecule is CI(c1ccc2c(c1)c1ccc3c4cc(C5Cc6ccccc6-c6ccccc65)ccc4n(-c4ccccc4)c3c1n2-c1ccccc1)c1ccc2c(c1)c1ccc3c4cc(-n5c6ccccc6c6ccccc65)ccc4n(-c4ccccc4)c3c1n2-c1ccccc1. The van der Waals surface area contributed by atoms with Gasteiger partial charge in [-0.1, -0.05) is 84.9 Å². The number of para-hydroxylation sites is 6. The number of aromatic nitrogens is 5. The number of hydrogen-bond acceptors (Lipinski definition) is 0. The molecule has 0 fully saturated rings. The van der Waals surface area contributed by atoms with Crippen LogP contribution in [-0.2, 0) is 6.42 Å². The molecule has 0 aliphatic heterocycles. The van der Waals surface area contributed by atoms with E-state index in [1.165, 1.54) is 144 Å². The summed E-state index contributed by atoms with van der Waals surface area (Å²) in [5, 5.41) is 12.5. The predicted molar refractivity (Wildman–Crippen MR) is 399 cm³/mol. The van der Waals surface area contributed by atoms with Gasteiger partial charge in [0.05, 0.1) is 0 Å². The van der Waals surface area contributed by atoms with Crippen molar-refractivity contribution in [2.24, 2.45) is 0 Å². The molecule has 0 amide bonds. The van der Waals surface area contributed by atoms with E-state index >= 15 is 0 Å². The van der Waals surface area contributed by atoms with E-state index in [-0.39, 0.29) is 5.92 Å². The number of rotatable bonds is 8. The Bertz CT molecular complexity index is 6230. The van der Waals surface area contributed by atoms with Gasteiger partial charge in [0.15, 0.2) is 0 Å². The quantitative estimate of drug-likeness (QED) is 0.107. The van der Waals surface area contributed by atoms with Crippen molar-refractivity contribution in [1.82, 2.24) is 22.8 Å². The molecule has 0 spiro atoms. The number of hydrogen-bond donors (Lipinski definition) is 0. The molecule has 1 aliphatic rings. The summed E-state index contributed by atoms with van der Waals surface area (Å²) in [5.74, 6) is 0.237. The maximum atomic E-state index is 2.56. The van der Waals surface area contributed by atoms with Crippen molar-refractivity contribution in [1.29, 1.82) is 0 Å². The third-order valence-electron chi connectivity index (χ3n) is 20.3. The van der Waals surface area contributed by atoms with Crippen LogP contribution in [0.2, 0.25) is 0 Å². The second-order valence-electron chi connectivity index (χ2n) is 25.0. The van der Waals surface area contributed by atoms with Crippen molar-refractivity contribution in [2.75, 3.05) is 4.93 Å². The van der Waals surface area contributed by atoms with E-state index < -0.39 is 19.8 Å². The van der Waals surface area contributed by atoms with Crippen LogP contribution in [0, 0.1) is 7.14 Å². The second-order valence-corrected chi connectivity index (χ2v) is 30.2. The molecule has 1 aliphatic carbocycles. The van der Waals surface area contributed by atoms with E-state index in [4.69, 9.17) is 0 Å². The molecule has 93 heavy (non-hydrogen) atoms. The van der Waals surface area contributed by atoms with Crippen LogP contribution in [0.1, 0.15) is 22.6 Å². The van der Waals surface area contributed by atoms with Crippen LogP contribution in [0.5, 0.6) is 0 Å². The Morgan fingerprint density at radius 3 is 1.11 bits per heavy atom. The van der Waals surface area contributed by atoms with Crippen LogP contribution in [0.15, 0.2) is 315 Å². The number of halogens is 1. The molecule has 5 nitrogen and oxygen atoms in total. The molecule has 0 N–H and O–H groups in total. The van der Waals surface area contributed by atoms with Gasteiger partial charge in [-0.05, 0) is 28.8 Å². The maximum absolute atomic E-state index is 2.56. The van der Waals surface area contributed by atoms with Crippen LogP contribution in [-0.4, -0.2) is 27.8 Å². The molecular weight excluding hydrogens is 1240 g/mol. The summed E-state index contributed by atoms with van der Waals surface area (Å²) in [6.45, 7) is 0. The van der Waals surface area contributed by atoms with Gasteiger partial charge in [-0.2, -0.15) is 0 Å². The Balaban J connectivity index is 0.779. The Hall–Kier alpha value is -11.2. The first-order chi connectivity index (χ1) is 46.1. The molecule has 0 saturated carbocycles. The zero-order valence-electron chi connectivity index (χ0n) is 50.9. The van der Waals surface area contributed by atoms with Gasteiger partial charge in [0.25, 0.3) is 0 Å². The van der Waals surface area contributed by atoms with Crippen molar-refractivity contribution < 1.29 is 0 Å². The van der Waals surface area contributed by atoms with Crippen molar-refractivity contribution in [2.45, 2.75) is 12.3 Å². The molecule has 1 atom stereocenters. The summed E-state index contributed by atoms with van der Waals surface area (Å²) in [5.41, 5.74) is 24.6. The van der Waals surface area contributed by atoms with Gasteiger partial charge in [-0.25, -0.2) is 0 Å². The minimum atomic E-state index is -2.10. The Morgan fingerprint density at radius 1 is 0.258 bits per heavy atom. The van der Waals surface area contributed by atoms with Gasteiger partial charge in [-0.3, -0.25) is 0 Å². The third-order valence-corrected chi connectivity index (χ3v) is 25.3. The third kappa shape index (κ3) is 7.73. The second kappa shape index (κ2) is 20.4. The van der Waals surface area contributed by atoms with Gasteiger partial charge in [0, 0.05) is 10.8 Å². The van der Waals surface area contributed by atoms with E-state index in [1.807, 2.05) is 0 Å². The fourth-order valence-electron chi connectivity index (χ4n) is 16.2. The van der Waals surface area contributed by atoms with E-state index in [9.17, 15) is 0 Å². The molecule has 20 rings (SSSR count). The Morgan fingerprint density at radius 2 is 0.624 bits per heavy atom. The normalized spacial score (nSPS) is 13.5.